The minimum absolute atomic E-state index is 0.446. The third-order valence-electron chi connectivity index (χ3n) is 6.40. The molecule has 1 aliphatic carbocycles. The Hall–Kier alpha value is -3.11. The third kappa shape index (κ3) is 3.48. The Morgan fingerprint density at radius 3 is 1.97 bits per heavy atom. The lowest BCUT2D eigenvalue weighted by molar-refractivity contribution is -0.929. The molecule has 0 aromatic heterocycles. The van der Waals surface area contributed by atoms with Crippen LogP contribution < -0.4 is 9.80 Å². The van der Waals surface area contributed by atoms with Gasteiger partial charge in [0.15, 0.2) is 0 Å². The maximum atomic E-state index is 4.76. The monoisotopic (exact) mass is 397 g/mol. The van der Waals surface area contributed by atoms with Gasteiger partial charge in [-0.05, 0) is 28.8 Å². The predicted molar refractivity (Wildman–Crippen MR) is 124 cm³/mol. The van der Waals surface area contributed by atoms with Crippen LogP contribution in [0.15, 0.2) is 77.9 Å². The molecule has 0 saturated carbocycles. The molecule has 3 aromatic rings. The van der Waals surface area contributed by atoms with Gasteiger partial charge in [-0.25, -0.2) is 0 Å². The van der Waals surface area contributed by atoms with Gasteiger partial charge in [0.25, 0.3) is 0 Å². The van der Waals surface area contributed by atoms with E-state index in [1.54, 1.807) is 4.90 Å². The number of nitrogens with one attached hydrogen (secondary N) is 1. The molecule has 4 heteroatoms. The van der Waals surface area contributed by atoms with Crippen molar-refractivity contribution in [3.63, 3.8) is 0 Å². The van der Waals surface area contributed by atoms with Crippen LogP contribution in [-0.4, -0.2) is 51.5 Å². The molecule has 3 aromatic carbocycles. The zero-order valence-electron chi connectivity index (χ0n) is 17.8. The number of hydrazone groups is 1. The normalized spacial score (nSPS) is 16.7. The highest BCUT2D eigenvalue weighted by Gasteiger charge is 2.37. The minimum Gasteiger partial charge on any atom is -0.378 e. The van der Waals surface area contributed by atoms with E-state index in [0.717, 1.165) is 31.7 Å². The van der Waals surface area contributed by atoms with Crippen LogP contribution in [0.3, 0.4) is 0 Å². The highest BCUT2D eigenvalue weighted by Crippen LogP contribution is 2.41. The zero-order chi connectivity index (χ0) is 20.5. The van der Waals surface area contributed by atoms with E-state index in [1.807, 2.05) is 6.21 Å². The molecule has 5 rings (SSSR count). The molecule has 1 N–H and O–H groups in total. The molecule has 30 heavy (non-hydrogen) atoms. The number of hydrogen-bond donors (Lipinski definition) is 1. The topological polar surface area (TPSA) is 23.3 Å². The molecule has 0 bridgehead atoms. The van der Waals surface area contributed by atoms with Gasteiger partial charge in [0.2, 0.25) is 0 Å². The molecule has 0 unspecified atom stereocenters. The largest absolute Gasteiger partial charge is 0.378 e. The number of rotatable bonds is 4. The number of hydrogen-bond acceptors (Lipinski definition) is 3. The summed E-state index contributed by atoms with van der Waals surface area (Å²) in [6.45, 7) is 4.18. The Kier molecular flexibility index (Phi) is 5.01. The average Bonchev–Trinajstić information content (AvgIpc) is 3.13. The van der Waals surface area contributed by atoms with Crippen molar-refractivity contribution in [1.29, 1.82) is 0 Å². The smallest absolute Gasteiger partial charge is 0.140 e. The van der Waals surface area contributed by atoms with Crippen LogP contribution in [0.1, 0.15) is 22.7 Å². The van der Waals surface area contributed by atoms with Gasteiger partial charge in [0.05, 0.1) is 32.4 Å². The first kappa shape index (κ1) is 18.9. The van der Waals surface area contributed by atoms with Crippen molar-refractivity contribution < 1.29 is 4.90 Å². The van der Waals surface area contributed by atoms with Crippen LogP contribution in [0, 0.1) is 0 Å². The molecule has 2 aliphatic rings. The van der Waals surface area contributed by atoms with Gasteiger partial charge in [-0.3, -0.25) is 5.01 Å². The second-order valence-corrected chi connectivity index (χ2v) is 8.45. The molecule has 1 aliphatic heterocycles. The van der Waals surface area contributed by atoms with Gasteiger partial charge in [-0.15, -0.1) is 0 Å². The maximum Gasteiger partial charge on any atom is 0.140 e. The number of benzene rings is 3. The number of piperazine rings is 1. The second kappa shape index (κ2) is 7.96. The molecule has 0 amide bonds. The maximum absolute atomic E-state index is 4.76. The van der Waals surface area contributed by atoms with Crippen LogP contribution >= 0.6 is 0 Å². The van der Waals surface area contributed by atoms with Crippen molar-refractivity contribution in [1.82, 2.24) is 5.01 Å². The molecule has 1 saturated heterocycles. The van der Waals surface area contributed by atoms with E-state index in [2.05, 4.69) is 96.8 Å². The van der Waals surface area contributed by atoms with Crippen molar-refractivity contribution >= 4 is 11.9 Å². The summed E-state index contributed by atoms with van der Waals surface area (Å²) in [5.74, 6) is 0. The van der Waals surface area contributed by atoms with Crippen LogP contribution in [-0.2, 0) is 0 Å². The molecular weight excluding hydrogens is 368 g/mol. The first-order valence-corrected chi connectivity index (χ1v) is 10.8. The van der Waals surface area contributed by atoms with Gasteiger partial charge in [-0.2, -0.15) is 5.10 Å². The number of quaternary nitrogens is 1. The Morgan fingerprint density at radius 2 is 1.40 bits per heavy atom. The van der Waals surface area contributed by atoms with Gasteiger partial charge in [0, 0.05) is 30.9 Å². The summed E-state index contributed by atoms with van der Waals surface area (Å²) in [6, 6.07) is 26.8. The Labute approximate surface area is 179 Å². The Bertz CT molecular complexity index is 1000. The fourth-order valence-corrected chi connectivity index (χ4v) is 4.79. The first-order valence-electron chi connectivity index (χ1n) is 10.8. The Balaban J connectivity index is 1.27. The number of fused-ring (bicyclic) bond motifs is 3. The zero-order valence-corrected chi connectivity index (χ0v) is 17.8. The van der Waals surface area contributed by atoms with Gasteiger partial charge in [-0.1, -0.05) is 60.7 Å². The van der Waals surface area contributed by atoms with E-state index >= 15 is 0 Å². The van der Waals surface area contributed by atoms with Crippen molar-refractivity contribution in [2.75, 3.05) is 45.2 Å². The summed E-state index contributed by atoms with van der Waals surface area (Å²) < 4.78 is 0. The van der Waals surface area contributed by atoms with Gasteiger partial charge >= 0.3 is 0 Å². The molecule has 1 fully saturated rings. The number of nitrogens with zero attached hydrogens (tertiary/aromatic N) is 3. The van der Waals surface area contributed by atoms with Gasteiger partial charge < -0.3 is 9.80 Å². The average molecular weight is 398 g/mol. The second-order valence-electron chi connectivity index (χ2n) is 8.45. The molecule has 0 spiro atoms. The predicted octanol–water partition coefficient (Wildman–Crippen LogP) is 3.06. The minimum atomic E-state index is 0.446. The SMILES string of the molecule is CN(C)c1ccc(C=NN2CC[NH+](C3c4ccccc4-c4ccccc43)CC2)cc1. The van der Waals surface area contributed by atoms with E-state index in [-0.39, 0.29) is 0 Å². The van der Waals surface area contributed by atoms with Crippen LogP contribution in [0.4, 0.5) is 5.69 Å². The summed E-state index contributed by atoms with van der Waals surface area (Å²) in [5, 5.41) is 6.98. The lowest BCUT2D eigenvalue weighted by atomic mass is 10.0. The van der Waals surface area contributed by atoms with Crippen LogP contribution in [0.5, 0.6) is 0 Å². The summed E-state index contributed by atoms with van der Waals surface area (Å²) in [4.78, 5) is 3.76. The summed E-state index contributed by atoms with van der Waals surface area (Å²) in [6.07, 6.45) is 1.99. The Morgan fingerprint density at radius 1 is 0.833 bits per heavy atom. The van der Waals surface area contributed by atoms with Crippen LogP contribution in [0.25, 0.3) is 11.1 Å². The summed E-state index contributed by atoms with van der Waals surface area (Å²) in [7, 11) is 4.12. The van der Waals surface area contributed by atoms with E-state index in [9.17, 15) is 0 Å². The van der Waals surface area contributed by atoms with Crippen molar-refractivity contribution in [3.05, 3.63) is 89.5 Å². The lowest BCUT2D eigenvalue weighted by Gasteiger charge is -2.34. The van der Waals surface area contributed by atoms with Crippen molar-refractivity contribution in [2.24, 2.45) is 5.10 Å². The third-order valence-corrected chi connectivity index (χ3v) is 6.40. The molecule has 0 atom stereocenters. The molecule has 152 valence electrons. The lowest BCUT2D eigenvalue weighted by Crippen LogP contribution is -3.14. The molecule has 1 heterocycles. The fraction of sp³-hybridized carbons (Fsp3) is 0.269. The van der Waals surface area contributed by atoms with E-state index in [4.69, 9.17) is 5.10 Å². The van der Waals surface area contributed by atoms with E-state index in [1.165, 1.54) is 27.9 Å². The molecular formula is C26H29N4+. The summed E-state index contributed by atoms with van der Waals surface area (Å²) in [5.41, 5.74) is 8.13. The highest BCUT2D eigenvalue weighted by atomic mass is 15.5. The fourth-order valence-electron chi connectivity index (χ4n) is 4.79. The molecule has 0 radical (unpaired) electrons. The quantitative estimate of drug-likeness (QED) is 0.684. The standard InChI is InChI=1S/C26H28N4/c1-28(2)21-13-11-20(12-14-21)19-27-30-17-15-29(16-18-30)26-24-9-5-3-7-22(24)23-8-4-6-10-25(23)26/h3-14,19,26H,15-18H2,1-2H3/p+1. The first-order chi connectivity index (χ1) is 14.7. The number of anilines is 1. The van der Waals surface area contributed by atoms with Gasteiger partial charge in [0.1, 0.15) is 6.04 Å². The molecule has 4 nitrogen and oxygen atoms in total. The van der Waals surface area contributed by atoms with Crippen molar-refractivity contribution in [3.8, 4) is 11.1 Å². The van der Waals surface area contributed by atoms with Crippen LogP contribution in [0.2, 0.25) is 0 Å². The van der Waals surface area contributed by atoms with E-state index in [0.29, 0.717) is 6.04 Å². The van der Waals surface area contributed by atoms with E-state index < -0.39 is 0 Å². The summed E-state index contributed by atoms with van der Waals surface area (Å²) >= 11 is 0. The highest BCUT2D eigenvalue weighted by molar-refractivity contribution is 5.80. The van der Waals surface area contributed by atoms with Crippen molar-refractivity contribution in [2.45, 2.75) is 6.04 Å².